The zero-order valence-electron chi connectivity index (χ0n) is 12.2. The molecular weight excluding hydrogens is 294 g/mol. The Morgan fingerprint density at radius 2 is 1.73 bits per heavy atom. The van der Waals surface area contributed by atoms with E-state index in [1.807, 2.05) is 66.9 Å². The van der Waals surface area contributed by atoms with Crippen molar-refractivity contribution in [2.24, 2.45) is 5.73 Å². The molecule has 0 radical (unpaired) electrons. The molecule has 5 heteroatoms. The summed E-state index contributed by atoms with van der Waals surface area (Å²) < 4.78 is 5.76. The summed E-state index contributed by atoms with van der Waals surface area (Å²) in [6, 6.07) is 17.4. The minimum Gasteiger partial charge on any atom is -0.457 e. The lowest BCUT2D eigenvalue weighted by Gasteiger charge is -2.07. The minimum absolute atomic E-state index is 0.0477. The van der Waals surface area contributed by atoms with Crippen LogP contribution in [0.4, 0.5) is 10.8 Å². The Morgan fingerprint density at radius 1 is 1.05 bits per heavy atom. The molecule has 0 amide bonds. The van der Waals surface area contributed by atoms with Crippen molar-refractivity contribution >= 4 is 22.2 Å². The number of para-hydroxylation sites is 1. The summed E-state index contributed by atoms with van der Waals surface area (Å²) in [5.74, 6) is 1.62. The highest BCUT2D eigenvalue weighted by molar-refractivity contribution is 7.13. The van der Waals surface area contributed by atoms with Gasteiger partial charge in [0.2, 0.25) is 0 Å². The molecule has 0 saturated heterocycles. The molecule has 0 aliphatic rings. The second-order valence-electron chi connectivity index (χ2n) is 4.93. The van der Waals surface area contributed by atoms with E-state index in [9.17, 15) is 0 Å². The molecule has 1 atom stereocenters. The zero-order chi connectivity index (χ0) is 15.4. The lowest BCUT2D eigenvalue weighted by atomic mass is 10.3. The molecule has 1 aromatic heterocycles. The molecule has 3 N–H and O–H groups in total. The monoisotopic (exact) mass is 311 g/mol. The van der Waals surface area contributed by atoms with Gasteiger partial charge in [0.1, 0.15) is 11.5 Å². The smallest absolute Gasteiger partial charge is 0.187 e. The normalized spacial score (nSPS) is 11.9. The number of ether oxygens (including phenoxy) is 1. The summed E-state index contributed by atoms with van der Waals surface area (Å²) >= 11 is 1.55. The van der Waals surface area contributed by atoms with Crippen LogP contribution >= 0.6 is 11.3 Å². The van der Waals surface area contributed by atoms with Crippen LogP contribution in [0.2, 0.25) is 0 Å². The lowest BCUT2D eigenvalue weighted by molar-refractivity contribution is 0.483. The van der Waals surface area contributed by atoms with Crippen molar-refractivity contribution in [2.45, 2.75) is 13.0 Å². The number of anilines is 2. The predicted octanol–water partition coefficient (Wildman–Crippen LogP) is 4.70. The van der Waals surface area contributed by atoms with Gasteiger partial charge in [-0.2, -0.15) is 0 Å². The molecule has 0 aliphatic carbocycles. The molecule has 112 valence electrons. The van der Waals surface area contributed by atoms with Crippen molar-refractivity contribution in [1.29, 1.82) is 0 Å². The first-order valence-electron chi connectivity index (χ1n) is 7.02. The molecule has 0 fully saturated rings. The third-order valence-corrected chi connectivity index (χ3v) is 3.85. The van der Waals surface area contributed by atoms with Crippen LogP contribution in [0.3, 0.4) is 0 Å². The maximum absolute atomic E-state index is 5.81. The summed E-state index contributed by atoms with van der Waals surface area (Å²) in [5.41, 5.74) is 7.68. The molecule has 3 rings (SSSR count). The van der Waals surface area contributed by atoms with Crippen molar-refractivity contribution in [3.63, 3.8) is 0 Å². The van der Waals surface area contributed by atoms with Gasteiger partial charge in [0, 0.05) is 17.1 Å². The van der Waals surface area contributed by atoms with Crippen LogP contribution in [0.25, 0.3) is 0 Å². The predicted molar refractivity (Wildman–Crippen MR) is 91.0 cm³/mol. The number of benzene rings is 2. The summed E-state index contributed by atoms with van der Waals surface area (Å²) in [6.07, 6.45) is 0. The molecule has 1 heterocycles. The Balaban J connectivity index is 1.66. The highest BCUT2D eigenvalue weighted by atomic mass is 32.1. The zero-order valence-corrected chi connectivity index (χ0v) is 13.0. The largest absolute Gasteiger partial charge is 0.457 e. The van der Waals surface area contributed by atoms with Crippen molar-refractivity contribution in [3.05, 3.63) is 65.7 Å². The van der Waals surface area contributed by atoms with E-state index >= 15 is 0 Å². The van der Waals surface area contributed by atoms with E-state index in [4.69, 9.17) is 10.5 Å². The molecule has 2 aromatic carbocycles. The van der Waals surface area contributed by atoms with Gasteiger partial charge in [0.05, 0.1) is 5.69 Å². The fraction of sp³-hybridized carbons (Fsp3) is 0.118. The molecule has 3 aromatic rings. The number of thiazole rings is 1. The molecule has 0 spiro atoms. The van der Waals surface area contributed by atoms with Gasteiger partial charge < -0.3 is 15.8 Å². The second-order valence-corrected chi connectivity index (χ2v) is 5.79. The van der Waals surface area contributed by atoms with E-state index in [0.29, 0.717) is 0 Å². The van der Waals surface area contributed by atoms with Gasteiger partial charge in [0.25, 0.3) is 0 Å². The van der Waals surface area contributed by atoms with Gasteiger partial charge in [-0.05, 0) is 43.3 Å². The standard InChI is InChI=1S/C17H17N3OS/c1-12(18)16-11-22-17(20-16)19-13-7-9-15(10-8-13)21-14-5-3-2-4-6-14/h2-12H,18H2,1H3,(H,19,20). The number of nitrogens with two attached hydrogens (primary N) is 1. The van der Waals surface area contributed by atoms with Crippen molar-refractivity contribution < 1.29 is 4.74 Å². The van der Waals surface area contributed by atoms with E-state index in [-0.39, 0.29) is 6.04 Å². The van der Waals surface area contributed by atoms with Crippen LogP contribution in [0.1, 0.15) is 18.7 Å². The van der Waals surface area contributed by atoms with E-state index in [1.165, 1.54) is 0 Å². The van der Waals surface area contributed by atoms with E-state index in [1.54, 1.807) is 11.3 Å². The Morgan fingerprint density at radius 3 is 2.36 bits per heavy atom. The lowest BCUT2D eigenvalue weighted by Crippen LogP contribution is -2.05. The Labute approximate surface area is 133 Å². The number of nitrogens with zero attached hydrogens (tertiary/aromatic N) is 1. The number of aromatic nitrogens is 1. The summed E-state index contributed by atoms with van der Waals surface area (Å²) in [5, 5.41) is 6.08. The summed E-state index contributed by atoms with van der Waals surface area (Å²) in [4.78, 5) is 4.45. The van der Waals surface area contributed by atoms with Gasteiger partial charge in [0.15, 0.2) is 5.13 Å². The van der Waals surface area contributed by atoms with Crippen LogP contribution in [0, 0.1) is 0 Å². The topological polar surface area (TPSA) is 60.2 Å². The van der Waals surface area contributed by atoms with Gasteiger partial charge in [-0.15, -0.1) is 11.3 Å². The van der Waals surface area contributed by atoms with Crippen LogP contribution in [0.15, 0.2) is 60.0 Å². The first kappa shape index (κ1) is 14.6. The molecule has 0 bridgehead atoms. The van der Waals surface area contributed by atoms with Gasteiger partial charge >= 0.3 is 0 Å². The van der Waals surface area contributed by atoms with Gasteiger partial charge in [-0.25, -0.2) is 4.98 Å². The second kappa shape index (κ2) is 6.60. The third-order valence-electron chi connectivity index (χ3n) is 3.07. The van der Waals surface area contributed by atoms with E-state index in [0.717, 1.165) is 28.0 Å². The number of rotatable bonds is 5. The van der Waals surface area contributed by atoms with Crippen molar-refractivity contribution in [3.8, 4) is 11.5 Å². The first-order chi connectivity index (χ1) is 10.7. The minimum atomic E-state index is -0.0477. The molecule has 0 saturated carbocycles. The number of nitrogens with one attached hydrogen (secondary N) is 1. The van der Waals surface area contributed by atoms with Crippen molar-refractivity contribution in [2.75, 3.05) is 5.32 Å². The van der Waals surface area contributed by atoms with Crippen LogP contribution in [-0.4, -0.2) is 4.98 Å². The van der Waals surface area contributed by atoms with Crippen LogP contribution in [-0.2, 0) is 0 Å². The SMILES string of the molecule is CC(N)c1csc(Nc2ccc(Oc3ccccc3)cc2)n1. The van der Waals surface area contributed by atoms with Gasteiger partial charge in [-0.1, -0.05) is 18.2 Å². The first-order valence-corrected chi connectivity index (χ1v) is 7.90. The average molecular weight is 311 g/mol. The van der Waals surface area contributed by atoms with E-state index < -0.39 is 0 Å². The Hall–Kier alpha value is -2.37. The maximum atomic E-state index is 5.81. The molecule has 0 aliphatic heterocycles. The molecular formula is C17H17N3OS. The Bertz CT molecular complexity index is 723. The highest BCUT2D eigenvalue weighted by Crippen LogP contribution is 2.26. The fourth-order valence-corrected chi connectivity index (χ4v) is 2.74. The van der Waals surface area contributed by atoms with Gasteiger partial charge in [-0.3, -0.25) is 0 Å². The highest BCUT2D eigenvalue weighted by Gasteiger charge is 2.06. The van der Waals surface area contributed by atoms with Crippen LogP contribution < -0.4 is 15.8 Å². The Kier molecular flexibility index (Phi) is 4.37. The summed E-state index contributed by atoms with van der Waals surface area (Å²) in [7, 11) is 0. The average Bonchev–Trinajstić information content (AvgIpc) is 2.99. The third kappa shape index (κ3) is 3.63. The number of hydrogen-bond acceptors (Lipinski definition) is 5. The molecule has 22 heavy (non-hydrogen) atoms. The van der Waals surface area contributed by atoms with Crippen molar-refractivity contribution in [1.82, 2.24) is 4.98 Å². The number of hydrogen-bond donors (Lipinski definition) is 2. The maximum Gasteiger partial charge on any atom is 0.187 e. The fourth-order valence-electron chi connectivity index (χ4n) is 1.91. The quantitative estimate of drug-likeness (QED) is 0.717. The van der Waals surface area contributed by atoms with E-state index in [2.05, 4.69) is 10.3 Å². The molecule has 1 unspecified atom stereocenters. The molecule has 4 nitrogen and oxygen atoms in total. The van der Waals surface area contributed by atoms with Crippen LogP contribution in [0.5, 0.6) is 11.5 Å². The summed E-state index contributed by atoms with van der Waals surface area (Å²) in [6.45, 7) is 1.93.